The van der Waals surface area contributed by atoms with Gasteiger partial charge < -0.3 is 20.0 Å². The van der Waals surface area contributed by atoms with Crippen LogP contribution in [0, 0.1) is 0 Å². The van der Waals surface area contributed by atoms with Gasteiger partial charge >= 0.3 is 0 Å². The number of amides is 1. The second-order valence-electron chi connectivity index (χ2n) is 5.56. The fourth-order valence-electron chi connectivity index (χ4n) is 2.42. The summed E-state index contributed by atoms with van der Waals surface area (Å²) in [6, 6.07) is 3.94. The van der Waals surface area contributed by atoms with Gasteiger partial charge in [0.15, 0.2) is 5.96 Å². The summed E-state index contributed by atoms with van der Waals surface area (Å²) in [7, 11) is 0. The van der Waals surface area contributed by atoms with E-state index in [0.717, 1.165) is 30.2 Å². The molecule has 0 aliphatic carbocycles. The third-order valence-electron chi connectivity index (χ3n) is 3.77. The zero-order chi connectivity index (χ0) is 18.8. The van der Waals surface area contributed by atoms with Crippen molar-refractivity contribution in [2.75, 3.05) is 26.2 Å². The third-order valence-corrected chi connectivity index (χ3v) is 4.63. The van der Waals surface area contributed by atoms with Crippen LogP contribution in [0.3, 0.4) is 0 Å². The Hall–Kier alpha value is -1.62. The lowest BCUT2D eigenvalue weighted by Crippen LogP contribution is -2.40. The molecule has 1 amide bonds. The Balaban J connectivity index is 0.00000364. The molecule has 2 aromatic rings. The zero-order valence-corrected chi connectivity index (χ0v) is 19.2. The Bertz CT molecular complexity index is 698. The van der Waals surface area contributed by atoms with Gasteiger partial charge in [0.25, 0.3) is 0 Å². The van der Waals surface area contributed by atoms with Crippen molar-refractivity contribution >= 4 is 47.2 Å². The summed E-state index contributed by atoms with van der Waals surface area (Å²) in [6.07, 6.45) is 2.07. The van der Waals surface area contributed by atoms with Gasteiger partial charge in [0.2, 0.25) is 11.8 Å². The van der Waals surface area contributed by atoms with Crippen LogP contribution in [0.25, 0.3) is 10.8 Å². The van der Waals surface area contributed by atoms with E-state index in [-0.39, 0.29) is 29.9 Å². The molecule has 0 unspecified atom stereocenters. The van der Waals surface area contributed by atoms with E-state index in [4.69, 9.17) is 4.42 Å². The second-order valence-corrected chi connectivity index (χ2v) is 6.51. The van der Waals surface area contributed by atoms with E-state index < -0.39 is 0 Å². The molecule has 2 rings (SSSR count). The van der Waals surface area contributed by atoms with Crippen molar-refractivity contribution in [3.05, 3.63) is 29.5 Å². The van der Waals surface area contributed by atoms with Crippen LogP contribution in [-0.2, 0) is 11.3 Å². The Morgan fingerprint density at radius 1 is 1.30 bits per heavy atom. The third kappa shape index (κ3) is 7.49. The molecule has 2 aromatic heterocycles. The molecule has 150 valence electrons. The van der Waals surface area contributed by atoms with Crippen LogP contribution in [0.1, 0.15) is 32.9 Å². The van der Waals surface area contributed by atoms with Crippen LogP contribution in [0.4, 0.5) is 0 Å². The monoisotopic (exact) mass is 505 g/mol. The molecule has 9 heteroatoms. The lowest BCUT2D eigenvalue weighted by molar-refractivity contribution is -0.130. The van der Waals surface area contributed by atoms with E-state index in [1.165, 1.54) is 0 Å². The average Bonchev–Trinajstić information content (AvgIpc) is 3.32. The molecule has 0 aromatic carbocycles. The summed E-state index contributed by atoms with van der Waals surface area (Å²) in [4.78, 5) is 23.8. The molecule has 0 saturated carbocycles. The predicted molar refractivity (Wildman–Crippen MR) is 121 cm³/mol. The molecule has 0 saturated heterocycles. The highest BCUT2D eigenvalue weighted by atomic mass is 127. The first-order valence-corrected chi connectivity index (χ1v) is 9.84. The van der Waals surface area contributed by atoms with Gasteiger partial charge in [-0.2, -0.15) is 0 Å². The molecule has 0 bridgehead atoms. The largest absolute Gasteiger partial charge is 0.443 e. The van der Waals surface area contributed by atoms with Crippen molar-refractivity contribution in [1.29, 1.82) is 0 Å². The molecule has 2 N–H and O–H groups in total. The summed E-state index contributed by atoms with van der Waals surface area (Å²) in [5.74, 6) is 1.43. The number of rotatable bonds is 9. The van der Waals surface area contributed by atoms with E-state index in [0.29, 0.717) is 31.4 Å². The van der Waals surface area contributed by atoms with E-state index >= 15 is 0 Å². The predicted octanol–water partition coefficient (Wildman–Crippen LogP) is 3.33. The highest BCUT2D eigenvalue weighted by molar-refractivity contribution is 14.0. The van der Waals surface area contributed by atoms with Crippen molar-refractivity contribution in [2.45, 2.75) is 33.7 Å². The maximum Gasteiger partial charge on any atom is 0.236 e. The molecule has 0 radical (unpaired) electrons. The van der Waals surface area contributed by atoms with Gasteiger partial charge in [-0.15, -0.1) is 35.3 Å². The van der Waals surface area contributed by atoms with Crippen molar-refractivity contribution in [3.8, 4) is 10.8 Å². The molecule has 0 aliphatic heterocycles. The molecular formula is C18H28IN5O2S. The number of guanidine groups is 1. The fourth-order valence-corrected chi connectivity index (χ4v) is 3.07. The van der Waals surface area contributed by atoms with E-state index in [1.54, 1.807) is 17.6 Å². The van der Waals surface area contributed by atoms with Gasteiger partial charge in [0, 0.05) is 32.6 Å². The molecule has 0 aliphatic rings. The standard InChI is InChI=1S/C18H27N5O2S.HI/c1-4-19-18(20-10-9-16(24)23(5-2)6-3)21-12-14-13-25-17(22-14)15-8-7-11-26-15;/h7-8,11,13H,4-6,9-10,12H2,1-3H3,(H2,19,20,21);1H. The number of aromatic nitrogens is 1. The van der Waals surface area contributed by atoms with Crippen molar-refractivity contribution < 1.29 is 9.21 Å². The Kier molecular flexibility index (Phi) is 11.0. The first-order valence-electron chi connectivity index (χ1n) is 8.96. The van der Waals surface area contributed by atoms with E-state index in [9.17, 15) is 4.79 Å². The number of carbonyl (C=O) groups excluding carboxylic acids is 1. The lowest BCUT2D eigenvalue weighted by Gasteiger charge is -2.19. The van der Waals surface area contributed by atoms with Gasteiger partial charge in [-0.25, -0.2) is 9.98 Å². The molecule has 0 atom stereocenters. The zero-order valence-electron chi connectivity index (χ0n) is 16.0. The number of nitrogens with zero attached hydrogens (tertiary/aromatic N) is 3. The molecule has 0 spiro atoms. The molecular weight excluding hydrogens is 477 g/mol. The van der Waals surface area contributed by atoms with Gasteiger partial charge in [0.05, 0.1) is 11.4 Å². The van der Waals surface area contributed by atoms with Gasteiger partial charge in [0.1, 0.15) is 12.0 Å². The maximum absolute atomic E-state index is 12.0. The minimum Gasteiger partial charge on any atom is -0.443 e. The average molecular weight is 505 g/mol. The fraction of sp³-hybridized carbons (Fsp3) is 0.500. The summed E-state index contributed by atoms with van der Waals surface area (Å²) in [6.45, 7) is 9.16. The normalized spacial score (nSPS) is 11.0. The Morgan fingerprint density at radius 2 is 2.07 bits per heavy atom. The van der Waals surface area contributed by atoms with Crippen molar-refractivity contribution in [1.82, 2.24) is 20.5 Å². The van der Waals surface area contributed by atoms with Crippen LogP contribution in [0.5, 0.6) is 0 Å². The highest BCUT2D eigenvalue weighted by Gasteiger charge is 2.10. The first kappa shape index (κ1) is 23.4. The summed E-state index contributed by atoms with van der Waals surface area (Å²) in [5.41, 5.74) is 0.768. The second kappa shape index (κ2) is 12.7. The van der Waals surface area contributed by atoms with E-state index in [1.807, 2.05) is 43.2 Å². The summed E-state index contributed by atoms with van der Waals surface area (Å²) in [5, 5.41) is 8.36. The first-order chi connectivity index (χ1) is 12.7. The molecule has 7 nitrogen and oxygen atoms in total. The van der Waals surface area contributed by atoms with Gasteiger partial charge in [-0.3, -0.25) is 4.79 Å². The van der Waals surface area contributed by atoms with Crippen LogP contribution < -0.4 is 10.6 Å². The lowest BCUT2D eigenvalue weighted by atomic mass is 10.3. The number of hydrogen-bond donors (Lipinski definition) is 2. The minimum atomic E-state index is 0. The number of halogens is 1. The minimum absolute atomic E-state index is 0. The van der Waals surface area contributed by atoms with Crippen LogP contribution in [0.15, 0.2) is 33.2 Å². The van der Waals surface area contributed by atoms with Crippen LogP contribution in [0.2, 0.25) is 0 Å². The Labute approximate surface area is 181 Å². The van der Waals surface area contributed by atoms with Crippen LogP contribution >= 0.6 is 35.3 Å². The molecule has 27 heavy (non-hydrogen) atoms. The van der Waals surface area contributed by atoms with Gasteiger partial charge in [-0.1, -0.05) is 6.07 Å². The summed E-state index contributed by atoms with van der Waals surface area (Å²) < 4.78 is 5.50. The molecule has 0 fully saturated rings. The van der Waals surface area contributed by atoms with Gasteiger partial charge in [-0.05, 0) is 32.2 Å². The number of nitrogens with one attached hydrogen (secondary N) is 2. The number of carbonyl (C=O) groups is 1. The van der Waals surface area contributed by atoms with E-state index in [2.05, 4.69) is 20.6 Å². The maximum atomic E-state index is 12.0. The van der Waals surface area contributed by atoms with Crippen LogP contribution in [-0.4, -0.2) is 47.9 Å². The smallest absolute Gasteiger partial charge is 0.236 e. The quantitative estimate of drug-likeness (QED) is 0.311. The Morgan fingerprint density at radius 3 is 2.70 bits per heavy atom. The number of oxazole rings is 1. The molecule has 2 heterocycles. The summed E-state index contributed by atoms with van der Waals surface area (Å²) >= 11 is 1.59. The number of hydrogen-bond acceptors (Lipinski definition) is 5. The topological polar surface area (TPSA) is 82.8 Å². The SMILES string of the molecule is CCNC(=NCc1coc(-c2cccs2)n1)NCCC(=O)N(CC)CC.I. The van der Waals surface area contributed by atoms with Crippen molar-refractivity contribution in [3.63, 3.8) is 0 Å². The number of thiophene rings is 1. The number of aliphatic imine (C=N–C) groups is 1. The van der Waals surface area contributed by atoms with Crippen molar-refractivity contribution in [2.24, 2.45) is 4.99 Å². The highest BCUT2D eigenvalue weighted by Crippen LogP contribution is 2.23.